The zero-order chi connectivity index (χ0) is 28.1. The molecule has 0 aliphatic rings. The van der Waals surface area contributed by atoms with E-state index in [0.717, 1.165) is 29.8 Å². The van der Waals surface area contributed by atoms with Crippen molar-refractivity contribution >= 4 is 0 Å². The Morgan fingerprint density at radius 1 is 0.444 bits per heavy atom. The highest BCUT2D eigenvalue weighted by Crippen LogP contribution is 2.34. The van der Waals surface area contributed by atoms with Crippen LogP contribution in [0.25, 0.3) is 0 Å². The molecule has 0 saturated carbocycles. The highest BCUT2D eigenvalue weighted by atomic mass is 19.4. The first kappa shape index (κ1) is 30.9. The van der Waals surface area contributed by atoms with E-state index >= 15 is 0 Å². The Morgan fingerprint density at radius 3 is 1.22 bits per heavy atom. The van der Waals surface area contributed by atoms with E-state index < -0.39 is 52.7 Å². The molecule has 198 valence electrons. The van der Waals surface area contributed by atoms with Crippen LogP contribution in [0.4, 0.5) is 52.7 Å². The number of aryl methyl sites for hydroxylation is 3. The first-order chi connectivity index (χ1) is 16.2. The van der Waals surface area contributed by atoms with Crippen molar-refractivity contribution in [2.24, 2.45) is 0 Å². The number of halogens is 12. The van der Waals surface area contributed by atoms with Gasteiger partial charge < -0.3 is 0 Å². The zero-order valence-corrected chi connectivity index (χ0v) is 18.7. The van der Waals surface area contributed by atoms with E-state index in [9.17, 15) is 52.7 Å². The molecular formula is C24H18F12. The van der Waals surface area contributed by atoms with Crippen molar-refractivity contribution in [3.05, 3.63) is 105 Å². The molecule has 0 N–H and O–H groups in total. The summed E-state index contributed by atoms with van der Waals surface area (Å²) in [5.41, 5.74) is -2.23. The summed E-state index contributed by atoms with van der Waals surface area (Å²) in [5.74, 6) is -4.38. The predicted octanol–water partition coefficient (Wildman–Crippen LogP) is 9.46. The Kier molecular flexibility index (Phi) is 10.0. The SMILES string of the molecule is Cc1cc(F)c(C(F)(F)F)c(F)c1.Cc1ccc(C(F)(F)F)c(F)c1.Cc1ccc(C(F)(F)F)cc1. The van der Waals surface area contributed by atoms with Crippen LogP contribution < -0.4 is 0 Å². The lowest BCUT2D eigenvalue weighted by Gasteiger charge is -2.09. The van der Waals surface area contributed by atoms with E-state index in [1.54, 1.807) is 6.92 Å². The van der Waals surface area contributed by atoms with Crippen molar-refractivity contribution in [1.82, 2.24) is 0 Å². The lowest BCUT2D eigenvalue weighted by Crippen LogP contribution is -2.11. The summed E-state index contributed by atoms with van der Waals surface area (Å²) in [6.45, 7) is 4.59. The maximum atomic E-state index is 12.6. The van der Waals surface area contributed by atoms with E-state index in [1.165, 1.54) is 32.0 Å². The Balaban J connectivity index is 0.000000271. The van der Waals surface area contributed by atoms with E-state index in [2.05, 4.69) is 0 Å². The minimum atomic E-state index is -4.98. The van der Waals surface area contributed by atoms with Gasteiger partial charge in [-0.05, 0) is 68.3 Å². The number of alkyl halides is 9. The first-order valence-corrected chi connectivity index (χ1v) is 9.73. The third-order valence-electron chi connectivity index (χ3n) is 4.28. The summed E-state index contributed by atoms with van der Waals surface area (Å²) in [7, 11) is 0. The molecule has 3 aromatic carbocycles. The highest BCUT2D eigenvalue weighted by molar-refractivity contribution is 5.28. The van der Waals surface area contributed by atoms with Gasteiger partial charge in [0.25, 0.3) is 0 Å². The number of benzene rings is 3. The second-order valence-electron chi connectivity index (χ2n) is 7.45. The van der Waals surface area contributed by atoms with Gasteiger partial charge in [-0.1, -0.05) is 23.8 Å². The monoisotopic (exact) mass is 534 g/mol. The van der Waals surface area contributed by atoms with Crippen LogP contribution in [0.3, 0.4) is 0 Å². The van der Waals surface area contributed by atoms with E-state index in [-0.39, 0.29) is 5.56 Å². The van der Waals surface area contributed by atoms with Gasteiger partial charge in [-0.25, -0.2) is 13.2 Å². The molecule has 0 nitrogen and oxygen atoms in total. The van der Waals surface area contributed by atoms with Gasteiger partial charge in [0.15, 0.2) is 0 Å². The summed E-state index contributed by atoms with van der Waals surface area (Å²) < 4.78 is 145. The zero-order valence-electron chi connectivity index (χ0n) is 18.7. The molecule has 0 radical (unpaired) electrons. The molecule has 0 aliphatic heterocycles. The fourth-order valence-electron chi connectivity index (χ4n) is 2.56. The van der Waals surface area contributed by atoms with Crippen LogP contribution in [0.2, 0.25) is 0 Å². The topological polar surface area (TPSA) is 0 Å². The van der Waals surface area contributed by atoms with Gasteiger partial charge in [-0.3, -0.25) is 0 Å². The summed E-state index contributed by atoms with van der Waals surface area (Å²) >= 11 is 0. The molecule has 36 heavy (non-hydrogen) atoms. The third-order valence-corrected chi connectivity index (χ3v) is 4.28. The molecular weight excluding hydrogens is 516 g/mol. The molecule has 0 saturated heterocycles. The largest absolute Gasteiger partial charge is 0.422 e. The highest BCUT2D eigenvalue weighted by Gasteiger charge is 2.37. The molecule has 0 amide bonds. The summed E-state index contributed by atoms with van der Waals surface area (Å²) in [4.78, 5) is 0. The Morgan fingerprint density at radius 2 is 0.861 bits per heavy atom. The first-order valence-electron chi connectivity index (χ1n) is 9.73. The molecule has 0 spiro atoms. The summed E-state index contributed by atoms with van der Waals surface area (Å²) in [6, 6.07) is 9.17. The molecule has 0 heterocycles. The average Bonchev–Trinajstić information content (AvgIpc) is 2.65. The maximum absolute atomic E-state index is 12.6. The third kappa shape index (κ3) is 9.46. The molecule has 3 rings (SSSR count). The van der Waals surface area contributed by atoms with Gasteiger partial charge in [-0.15, -0.1) is 0 Å². The number of hydrogen-bond acceptors (Lipinski definition) is 0. The second-order valence-corrected chi connectivity index (χ2v) is 7.45. The molecule has 3 aromatic rings. The quantitative estimate of drug-likeness (QED) is 0.252. The summed E-state index contributed by atoms with van der Waals surface area (Å²) in [5, 5.41) is 0. The van der Waals surface area contributed by atoms with Gasteiger partial charge >= 0.3 is 18.5 Å². The van der Waals surface area contributed by atoms with Crippen molar-refractivity contribution in [2.75, 3.05) is 0 Å². The van der Waals surface area contributed by atoms with Crippen LogP contribution in [0.5, 0.6) is 0 Å². The molecule has 0 aliphatic carbocycles. The van der Waals surface area contributed by atoms with Crippen LogP contribution in [-0.2, 0) is 18.5 Å². The Labute approximate surface area is 198 Å². The Hall–Kier alpha value is -3.18. The van der Waals surface area contributed by atoms with Crippen molar-refractivity contribution in [2.45, 2.75) is 39.3 Å². The molecule has 0 fully saturated rings. The van der Waals surface area contributed by atoms with Crippen molar-refractivity contribution in [3.63, 3.8) is 0 Å². The fraction of sp³-hybridized carbons (Fsp3) is 0.250. The lowest BCUT2D eigenvalue weighted by atomic mass is 10.1. The molecule has 12 heteroatoms. The molecule has 0 aromatic heterocycles. The van der Waals surface area contributed by atoms with Crippen LogP contribution in [0, 0.1) is 38.2 Å². The van der Waals surface area contributed by atoms with E-state index in [4.69, 9.17) is 0 Å². The normalized spacial score (nSPS) is 11.8. The van der Waals surface area contributed by atoms with Crippen LogP contribution >= 0.6 is 0 Å². The van der Waals surface area contributed by atoms with Gasteiger partial charge in [0.2, 0.25) is 0 Å². The second kappa shape index (κ2) is 11.7. The van der Waals surface area contributed by atoms with Crippen molar-refractivity contribution < 1.29 is 52.7 Å². The number of rotatable bonds is 0. The molecule has 0 unspecified atom stereocenters. The van der Waals surface area contributed by atoms with E-state index in [0.29, 0.717) is 17.7 Å². The smallest absolute Gasteiger partial charge is 0.206 e. The van der Waals surface area contributed by atoms with Crippen LogP contribution in [0.15, 0.2) is 54.6 Å². The molecule has 0 atom stereocenters. The van der Waals surface area contributed by atoms with Gasteiger partial charge in [0.1, 0.15) is 23.0 Å². The lowest BCUT2D eigenvalue weighted by molar-refractivity contribution is -0.142. The van der Waals surface area contributed by atoms with Crippen molar-refractivity contribution in [3.8, 4) is 0 Å². The van der Waals surface area contributed by atoms with E-state index in [1.807, 2.05) is 0 Å². The maximum Gasteiger partial charge on any atom is 0.422 e. The van der Waals surface area contributed by atoms with Crippen LogP contribution in [0.1, 0.15) is 33.4 Å². The minimum absolute atomic E-state index is 0.114. The van der Waals surface area contributed by atoms with Gasteiger partial charge in [0, 0.05) is 0 Å². The minimum Gasteiger partial charge on any atom is -0.206 e. The fourth-order valence-corrected chi connectivity index (χ4v) is 2.56. The van der Waals surface area contributed by atoms with Crippen LogP contribution in [-0.4, -0.2) is 0 Å². The van der Waals surface area contributed by atoms with Gasteiger partial charge in [0.05, 0.1) is 11.1 Å². The Bertz CT molecular complexity index is 1110. The molecule has 0 bridgehead atoms. The summed E-state index contributed by atoms with van der Waals surface area (Å²) in [6.07, 6.45) is -13.8. The van der Waals surface area contributed by atoms with Crippen molar-refractivity contribution in [1.29, 1.82) is 0 Å². The number of hydrogen-bond donors (Lipinski definition) is 0. The van der Waals surface area contributed by atoms with Gasteiger partial charge in [-0.2, -0.15) is 39.5 Å². The standard InChI is InChI=1S/C8H5F5.C8H6F4.C8H7F3/c1-4-2-5(9)7(6(10)3-4)8(11,12)13;1-5-2-3-6(7(9)4-5)8(10,11)12;1-6-2-4-7(5-3-6)8(9,10)11/h2-3H,1H3;2-4H,1H3;2-5H,1H3. The predicted molar refractivity (Wildman–Crippen MR) is 108 cm³/mol. The average molecular weight is 534 g/mol.